The molecule has 8 unspecified atom stereocenters. The van der Waals surface area contributed by atoms with E-state index in [2.05, 4.69) is 15.6 Å². The summed E-state index contributed by atoms with van der Waals surface area (Å²) in [6.45, 7) is 20.4. The fourth-order valence-electron chi connectivity index (χ4n) is 10.5. The van der Waals surface area contributed by atoms with E-state index in [-0.39, 0.29) is 60.1 Å². The molecule has 402 valence electrons. The first-order valence-electron chi connectivity index (χ1n) is 26.2. The molecule has 4 rings (SSSR count). The quantitative estimate of drug-likeness (QED) is 0.0510. The van der Waals surface area contributed by atoms with Crippen LogP contribution in [0.2, 0.25) is 0 Å². The summed E-state index contributed by atoms with van der Waals surface area (Å²) < 4.78 is 18.0. The number of aromatic amines is 1. The number of fused-ring (bicyclic) bond motifs is 1. The summed E-state index contributed by atoms with van der Waals surface area (Å²) in [5.41, 5.74) is 0.989. The Labute approximate surface area is 428 Å². The largest absolute Gasteiger partial charge is 0.458 e. The van der Waals surface area contributed by atoms with Crippen LogP contribution in [0.5, 0.6) is 0 Å². The molecule has 3 heterocycles. The molecule has 0 saturated carbocycles. The minimum Gasteiger partial charge on any atom is -0.458 e. The molecule has 1 fully saturated rings. The van der Waals surface area contributed by atoms with Gasteiger partial charge in [0, 0.05) is 70.0 Å². The van der Waals surface area contributed by atoms with Gasteiger partial charge in [0.15, 0.2) is 0 Å². The van der Waals surface area contributed by atoms with E-state index in [1.807, 2.05) is 84.0 Å². The number of hydrogen-bond acceptors (Lipinski definition) is 11. The lowest BCUT2D eigenvalue weighted by atomic mass is 9.89. The number of aromatic nitrogens is 1. The maximum atomic E-state index is 14.7. The van der Waals surface area contributed by atoms with Gasteiger partial charge in [0.2, 0.25) is 23.6 Å². The first kappa shape index (κ1) is 59.4. The second-order valence-electron chi connectivity index (χ2n) is 21.7. The average Bonchev–Trinajstić information content (AvgIpc) is 4.06. The van der Waals surface area contributed by atoms with Gasteiger partial charge < -0.3 is 39.6 Å². The maximum absolute atomic E-state index is 14.7. The number of carbonyl (C=O) groups is 7. The van der Waals surface area contributed by atoms with Gasteiger partial charge >= 0.3 is 5.97 Å². The van der Waals surface area contributed by atoms with Gasteiger partial charge in [0.25, 0.3) is 11.8 Å². The molecular weight excluding hydrogens is 919 g/mol. The van der Waals surface area contributed by atoms with E-state index in [1.165, 1.54) is 24.2 Å². The average molecular weight is 1010 g/mol. The van der Waals surface area contributed by atoms with Gasteiger partial charge in [-0.1, -0.05) is 85.9 Å². The Hall–Kier alpha value is -5.13. The number of hydrogen-bond donors (Lipinski definition) is 3. The van der Waals surface area contributed by atoms with E-state index in [9.17, 15) is 33.6 Å². The third-order valence-electron chi connectivity index (χ3n) is 14.5. The summed E-state index contributed by atoms with van der Waals surface area (Å²) in [6, 6.07) is 4.45. The van der Waals surface area contributed by atoms with Crippen LogP contribution in [0.3, 0.4) is 0 Å². The molecule has 17 nitrogen and oxygen atoms in total. The number of benzene rings is 1. The van der Waals surface area contributed by atoms with Gasteiger partial charge in [-0.3, -0.25) is 38.6 Å². The molecular formula is C55H87N7O10. The van der Waals surface area contributed by atoms with Gasteiger partial charge in [-0.2, -0.15) is 0 Å². The van der Waals surface area contributed by atoms with Crippen molar-refractivity contribution in [1.29, 1.82) is 0 Å². The number of ether oxygens (including phenoxy) is 3. The van der Waals surface area contributed by atoms with Crippen molar-refractivity contribution in [2.45, 2.75) is 175 Å². The highest BCUT2D eigenvalue weighted by molar-refractivity contribution is 6.12. The normalized spacial score (nSPS) is 18.6. The molecule has 1 saturated heterocycles. The van der Waals surface area contributed by atoms with E-state index >= 15 is 0 Å². The van der Waals surface area contributed by atoms with Gasteiger partial charge in [-0.05, 0) is 89.4 Å². The zero-order valence-corrected chi connectivity index (χ0v) is 45.7. The molecule has 2 aliphatic rings. The lowest BCUT2D eigenvalue weighted by Gasteiger charge is -2.41. The van der Waals surface area contributed by atoms with Crippen molar-refractivity contribution in [1.82, 2.24) is 35.2 Å². The number of nitrogens with one attached hydrogen (secondary N) is 3. The van der Waals surface area contributed by atoms with E-state index < -0.39 is 65.8 Å². The first-order valence-corrected chi connectivity index (χ1v) is 26.2. The molecule has 72 heavy (non-hydrogen) atoms. The highest BCUT2D eigenvalue weighted by atomic mass is 16.6. The molecule has 0 aliphatic carbocycles. The Bertz CT molecular complexity index is 2170. The zero-order valence-electron chi connectivity index (χ0n) is 45.7. The second-order valence-corrected chi connectivity index (χ2v) is 21.7. The van der Waals surface area contributed by atoms with Crippen molar-refractivity contribution in [2.24, 2.45) is 23.7 Å². The summed E-state index contributed by atoms with van der Waals surface area (Å²) in [5, 5.41) is 7.04. The minimum atomic E-state index is -0.987. The van der Waals surface area contributed by atoms with Crippen LogP contribution in [0.4, 0.5) is 0 Å². The third-order valence-corrected chi connectivity index (χ3v) is 14.5. The van der Waals surface area contributed by atoms with Crippen LogP contribution in [0.25, 0.3) is 10.9 Å². The van der Waals surface area contributed by atoms with Crippen molar-refractivity contribution < 1.29 is 47.8 Å². The monoisotopic (exact) mass is 1010 g/mol. The molecule has 1 aromatic heterocycles. The Balaban J connectivity index is 1.43. The highest BCUT2D eigenvalue weighted by Gasteiger charge is 2.44. The number of nitrogens with zero attached hydrogens (tertiary/aromatic N) is 4. The lowest BCUT2D eigenvalue weighted by Crippen LogP contribution is -2.60. The number of H-pyrrole nitrogens is 1. The van der Waals surface area contributed by atoms with Crippen LogP contribution in [0.1, 0.15) is 126 Å². The molecule has 1 aromatic carbocycles. The fourth-order valence-corrected chi connectivity index (χ4v) is 10.5. The summed E-state index contributed by atoms with van der Waals surface area (Å²) in [5.74, 6) is -3.37. The fraction of sp³-hybridized carbons (Fsp3) is 0.691. The molecule has 2 aromatic rings. The predicted molar refractivity (Wildman–Crippen MR) is 278 cm³/mol. The van der Waals surface area contributed by atoms with Crippen molar-refractivity contribution in [3.63, 3.8) is 0 Å². The van der Waals surface area contributed by atoms with E-state index in [0.29, 0.717) is 45.3 Å². The second kappa shape index (κ2) is 27.2. The zero-order chi connectivity index (χ0) is 53.6. The Morgan fingerprint density at radius 2 is 1.51 bits per heavy atom. The van der Waals surface area contributed by atoms with Crippen molar-refractivity contribution >= 4 is 52.3 Å². The highest BCUT2D eigenvalue weighted by Crippen LogP contribution is 2.30. The molecule has 0 bridgehead atoms. The minimum absolute atomic E-state index is 0.0351. The summed E-state index contributed by atoms with van der Waals surface area (Å²) in [6.07, 6.45) is 8.42. The van der Waals surface area contributed by atoms with Crippen LogP contribution in [-0.4, -0.2) is 162 Å². The van der Waals surface area contributed by atoms with Crippen molar-refractivity contribution in [2.75, 3.05) is 47.9 Å². The SMILES string of the molecule is CCC(C)C(C(CC(=O)N1CCC[C@H]1C(OC)C(C)C(=O)NC(Cc1c[nH]c2ccccc12)C(=O)OC(C)(C)C)OC)N(C)C(=O)C(NC(=O)C(C(C)C)N(C)CCCCCCN1C(=O)C=CC1=O)C(C)C. The number of imide groups is 1. The van der Waals surface area contributed by atoms with Gasteiger partial charge in [-0.15, -0.1) is 0 Å². The molecule has 3 N–H and O–H groups in total. The molecule has 6 amide bonds. The molecule has 0 spiro atoms. The van der Waals surface area contributed by atoms with E-state index in [1.54, 1.807) is 51.7 Å². The van der Waals surface area contributed by atoms with Crippen molar-refractivity contribution in [3.8, 4) is 0 Å². The number of methoxy groups -OCH3 is 2. The van der Waals surface area contributed by atoms with Crippen LogP contribution < -0.4 is 10.6 Å². The number of para-hydroxylation sites is 1. The predicted octanol–water partition coefficient (Wildman–Crippen LogP) is 6.04. The Morgan fingerprint density at radius 3 is 2.11 bits per heavy atom. The molecule has 17 heteroatoms. The van der Waals surface area contributed by atoms with Crippen LogP contribution in [-0.2, 0) is 54.2 Å². The van der Waals surface area contributed by atoms with E-state index in [0.717, 1.165) is 35.7 Å². The van der Waals surface area contributed by atoms with Gasteiger partial charge in [0.05, 0.1) is 42.7 Å². The molecule has 0 radical (unpaired) electrons. The topological polar surface area (TPSA) is 200 Å². The number of carbonyl (C=O) groups excluding carboxylic acids is 7. The summed E-state index contributed by atoms with van der Waals surface area (Å²) in [7, 11) is 6.72. The smallest absolute Gasteiger partial charge is 0.329 e. The third kappa shape index (κ3) is 15.7. The maximum Gasteiger partial charge on any atom is 0.329 e. The summed E-state index contributed by atoms with van der Waals surface area (Å²) in [4.78, 5) is 105. The van der Waals surface area contributed by atoms with Crippen LogP contribution in [0.15, 0.2) is 42.6 Å². The van der Waals surface area contributed by atoms with E-state index in [4.69, 9.17) is 14.2 Å². The standard InChI is InChI=1S/C55H87N7O10/c1-15-36(6)49(60(12)53(68)47(34(2)3)58-52(67)48(35(4)5)59(11)28-20-16-17-21-29-62-44(63)26-27-45(62)64)43(70-13)32-46(65)61-30-22-25-42(61)50(71-14)37(7)51(66)57-41(54(69)72-55(8,9)10)31-38-33-56-40-24-19-18-23-39(38)40/h18-19,23-24,26-27,33-37,41-43,47-50,56H,15-17,20-22,25,28-32H2,1-14H3,(H,57,66)(H,58,67)/t36?,37?,41?,42-,43?,47?,48?,49?,50?/m0/s1. The van der Waals surface area contributed by atoms with Crippen molar-refractivity contribution in [3.05, 3.63) is 48.2 Å². The Kier molecular flexibility index (Phi) is 22.5. The number of amides is 6. The lowest BCUT2D eigenvalue weighted by molar-refractivity contribution is -0.159. The Morgan fingerprint density at radius 1 is 0.861 bits per heavy atom. The number of esters is 1. The molecule has 2 aliphatic heterocycles. The van der Waals surface area contributed by atoms with Crippen LogP contribution in [0, 0.1) is 23.7 Å². The summed E-state index contributed by atoms with van der Waals surface area (Å²) >= 11 is 0. The first-order chi connectivity index (χ1) is 33.9. The number of likely N-dealkylation sites (N-methyl/N-ethyl adjacent to an activating group) is 2. The number of likely N-dealkylation sites (tertiary alicyclic amines) is 1. The van der Waals surface area contributed by atoms with Gasteiger partial charge in [0.1, 0.15) is 17.7 Å². The number of rotatable bonds is 28. The van der Waals surface area contributed by atoms with Gasteiger partial charge in [-0.25, -0.2) is 4.79 Å². The number of unbranched alkanes of at least 4 members (excludes halogenated alkanes) is 3. The van der Waals surface area contributed by atoms with Crippen LogP contribution >= 0.6 is 0 Å². The molecule has 9 atom stereocenters.